The monoisotopic (exact) mass is 340 g/mol. The molecule has 1 unspecified atom stereocenters. The van der Waals surface area contributed by atoms with Gasteiger partial charge in [-0.1, -0.05) is 29.8 Å². The Morgan fingerprint density at radius 3 is 2.86 bits per heavy atom. The first-order chi connectivity index (χ1) is 10.5. The molecule has 2 aromatic rings. The average Bonchev–Trinajstić information content (AvgIpc) is 2.86. The number of benzene rings is 1. The van der Waals surface area contributed by atoms with Gasteiger partial charge in [-0.3, -0.25) is 4.90 Å². The van der Waals surface area contributed by atoms with E-state index in [-0.39, 0.29) is 6.61 Å². The van der Waals surface area contributed by atoms with Crippen LogP contribution in [0.1, 0.15) is 15.4 Å². The van der Waals surface area contributed by atoms with E-state index in [1.165, 1.54) is 4.88 Å². The molecule has 1 aromatic heterocycles. The number of aliphatic hydroxyl groups is 1. The van der Waals surface area contributed by atoms with Crippen molar-refractivity contribution in [2.24, 2.45) is 0 Å². The van der Waals surface area contributed by atoms with Gasteiger partial charge in [-0.2, -0.15) is 0 Å². The van der Waals surface area contributed by atoms with E-state index in [0.717, 1.165) is 17.1 Å². The fourth-order valence-corrected chi connectivity index (χ4v) is 3.21. The van der Waals surface area contributed by atoms with Gasteiger partial charge in [0.2, 0.25) is 0 Å². The second kappa shape index (κ2) is 8.60. The first kappa shape index (κ1) is 17.4. The van der Waals surface area contributed by atoms with Crippen molar-refractivity contribution in [1.29, 1.82) is 0 Å². The molecule has 0 saturated heterocycles. The number of likely N-dealkylation sites (N-methyl/N-ethyl adjacent to an activating group) is 1. The molecule has 0 spiro atoms. The predicted octanol–water partition coefficient (Wildman–Crippen LogP) is 3.11. The SMILES string of the molecule is Cc1ncc(CN(C)CC(O)COCc2ccccc2Cl)s1. The molecule has 0 fully saturated rings. The van der Waals surface area contributed by atoms with Gasteiger partial charge in [0.15, 0.2) is 0 Å². The highest BCUT2D eigenvalue weighted by molar-refractivity contribution is 7.11. The van der Waals surface area contributed by atoms with Crippen molar-refractivity contribution in [1.82, 2.24) is 9.88 Å². The molecule has 0 amide bonds. The van der Waals surface area contributed by atoms with Crippen LogP contribution in [-0.2, 0) is 17.9 Å². The van der Waals surface area contributed by atoms with Gasteiger partial charge < -0.3 is 9.84 Å². The van der Waals surface area contributed by atoms with Crippen LogP contribution in [0.25, 0.3) is 0 Å². The second-order valence-corrected chi connectivity index (χ2v) is 7.03. The molecule has 0 saturated carbocycles. The van der Waals surface area contributed by atoms with Crippen LogP contribution in [0, 0.1) is 6.92 Å². The topological polar surface area (TPSA) is 45.6 Å². The Kier molecular flexibility index (Phi) is 6.79. The first-order valence-corrected chi connectivity index (χ1v) is 8.33. The molecule has 4 nitrogen and oxygen atoms in total. The van der Waals surface area contributed by atoms with Crippen molar-refractivity contribution < 1.29 is 9.84 Å². The quantitative estimate of drug-likeness (QED) is 0.802. The van der Waals surface area contributed by atoms with Crippen molar-refractivity contribution in [2.45, 2.75) is 26.2 Å². The molecule has 6 heteroatoms. The standard InChI is InChI=1S/C16H21ClN2O2S/c1-12-18-7-15(22-12)9-19(2)8-14(20)11-21-10-13-5-3-4-6-16(13)17/h3-7,14,20H,8-11H2,1-2H3. The molecule has 0 bridgehead atoms. The highest BCUT2D eigenvalue weighted by atomic mass is 35.5. The van der Waals surface area contributed by atoms with Crippen LogP contribution in [0.4, 0.5) is 0 Å². The lowest BCUT2D eigenvalue weighted by Gasteiger charge is -2.19. The van der Waals surface area contributed by atoms with Crippen molar-refractivity contribution in [2.75, 3.05) is 20.2 Å². The number of aliphatic hydroxyl groups excluding tert-OH is 1. The summed E-state index contributed by atoms with van der Waals surface area (Å²) in [6, 6.07) is 7.57. The lowest BCUT2D eigenvalue weighted by Crippen LogP contribution is -2.31. The number of rotatable bonds is 8. The predicted molar refractivity (Wildman–Crippen MR) is 90.3 cm³/mol. The van der Waals surface area contributed by atoms with Gasteiger partial charge in [-0.05, 0) is 25.6 Å². The summed E-state index contributed by atoms with van der Waals surface area (Å²) in [5, 5.41) is 11.8. The summed E-state index contributed by atoms with van der Waals surface area (Å²) in [5.74, 6) is 0. The van der Waals surface area contributed by atoms with Gasteiger partial charge in [-0.15, -0.1) is 11.3 Å². The van der Waals surface area contributed by atoms with Crippen LogP contribution in [0.2, 0.25) is 5.02 Å². The number of halogens is 1. The van der Waals surface area contributed by atoms with Gasteiger partial charge in [0.1, 0.15) is 0 Å². The molecule has 120 valence electrons. The lowest BCUT2D eigenvalue weighted by atomic mass is 10.2. The number of ether oxygens (including phenoxy) is 1. The Hall–Kier alpha value is -0.980. The minimum absolute atomic E-state index is 0.289. The number of hydrogen-bond donors (Lipinski definition) is 1. The van der Waals surface area contributed by atoms with Crippen LogP contribution in [0.5, 0.6) is 0 Å². The first-order valence-electron chi connectivity index (χ1n) is 7.13. The number of thiazole rings is 1. The minimum Gasteiger partial charge on any atom is -0.389 e. The third-order valence-corrected chi connectivity index (χ3v) is 4.41. The fraction of sp³-hybridized carbons (Fsp3) is 0.438. The molecular formula is C16H21ClN2O2S. The number of aryl methyl sites for hydroxylation is 1. The van der Waals surface area contributed by atoms with Crippen molar-refractivity contribution in [3.8, 4) is 0 Å². The molecule has 22 heavy (non-hydrogen) atoms. The van der Waals surface area contributed by atoms with E-state index in [9.17, 15) is 5.11 Å². The maximum absolute atomic E-state index is 10.0. The van der Waals surface area contributed by atoms with E-state index < -0.39 is 6.10 Å². The highest BCUT2D eigenvalue weighted by Gasteiger charge is 2.10. The second-order valence-electron chi connectivity index (χ2n) is 5.30. The maximum atomic E-state index is 10.0. The molecule has 0 aliphatic rings. The average molecular weight is 341 g/mol. The van der Waals surface area contributed by atoms with E-state index in [2.05, 4.69) is 9.88 Å². The van der Waals surface area contributed by atoms with Crippen molar-refractivity contribution in [3.63, 3.8) is 0 Å². The van der Waals surface area contributed by atoms with Gasteiger partial charge in [0.05, 0.1) is 24.3 Å². The third kappa shape index (κ3) is 5.66. The molecule has 0 aliphatic heterocycles. The van der Waals surface area contributed by atoms with Crippen molar-refractivity contribution >= 4 is 22.9 Å². The summed E-state index contributed by atoms with van der Waals surface area (Å²) >= 11 is 7.74. The van der Waals surface area contributed by atoms with E-state index in [1.807, 2.05) is 44.4 Å². The summed E-state index contributed by atoms with van der Waals surface area (Å²) in [6.45, 7) is 4.03. The van der Waals surface area contributed by atoms with E-state index >= 15 is 0 Å². The van der Waals surface area contributed by atoms with Crippen LogP contribution >= 0.6 is 22.9 Å². The highest BCUT2D eigenvalue weighted by Crippen LogP contribution is 2.16. The smallest absolute Gasteiger partial charge is 0.0900 e. The summed E-state index contributed by atoms with van der Waals surface area (Å²) in [6.07, 6.45) is 1.36. The molecule has 1 aromatic carbocycles. The number of nitrogens with zero attached hydrogens (tertiary/aromatic N) is 2. The Balaban J connectivity index is 1.69. The fourth-order valence-electron chi connectivity index (χ4n) is 2.14. The van der Waals surface area contributed by atoms with E-state index in [0.29, 0.717) is 18.2 Å². The normalized spacial score (nSPS) is 12.8. The zero-order valence-electron chi connectivity index (χ0n) is 12.8. The van der Waals surface area contributed by atoms with Crippen molar-refractivity contribution in [3.05, 3.63) is 50.9 Å². The summed E-state index contributed by atoms with van der Waals surface area (Å²) < 4.78 is 5.55. The minimum atomic E-state index is -0.526. The molecule has 2 rings (SSSR count). The zero-order chi connectivity index (χ0) is 15.9. The van der Waals surface area contributed by atoms with Gasteiger partial charge in [-0.25, -0.2) is 4.98 Å². The third-order valence-electron chi connectivity index (χ3n) is 3.14. The number of hydrogen-bond acceptors (Lipinski definition) is 5. The Morgan fingerprint density at radius 1 is 1.41 bits per heavy atom. The van der Waals surface area contributed by atoms with Crippen LogP contribution < -0.4 is 0 Å². The van der Waals surface area contributed by atoms with Crippen LogP contribution in [0.15, 0.2) is 30.5 Å². The Bertz CT molecular complexity index is 591. The molecule has 1 heterocycles. The Labute approximate surface area is 140 Å². The summed E-state index contributed by atoms with van der Waals surface area (Å²) in [4.78, 5) is 7.50. The molecule has 0 aliphatic carbocycles. The van der Waals surface area contributed by atoms with Gasteiger partial charge in [0, 0.05) is 29.2 Å². The van der Waals surface area contributed by atoms with E-state index in [4.69, 9.17) is 16.3 Å². The molecule has 0 radical (unpaired) electrons. The maximum Gasteiger partial charge on any atom is 0.0900 e. The molecular weight excluding hydrogens is 320 g/mol. The summed E-state index contributed by atoms with van der Waals surface area (Å²) in [7, 11) is 1.98. The zero-order valence-corrected chi connectivity index (χ0v) is 14.4. The molecule has 1 N–H and O–H groups in total. The Morgan fingerprint density at radius 2 is 2.18 bits per heavy atom. The van der Waals surface area contributed by atoms with Crippen LogP contribution in [0.3, 0.4) is 0 Å². The van der Waals surface area contributed by atoms with Crippen LogP contribution in [-0.4, -0.2) is 41.3 Å². The molecule has 1 atom stereocenters. The summed E-state index contributed by atoms with van der Waals surface area (Å²) in [5.41, 5.74) is 0.935. The lowest BCUT2D eigenvalue weighted by molar-refractivity contribution is 0.0128. The van der Waals surface area contributed by atoms with Gasteiger partial charge in [0.25, 0.3) is 0 Å². The largest absolute Gasteiger partial charge is 0.389 e. The van der Waals surface area contributed by atoms with Gasteiger partial charge >= 0.3 is 0 Å². The number of aromatic nitrogens is 1. The van der Waals surface area contributed by atoms with E-state index in [1.54, 1.807) is 11.3 Å².